The molecule has 0 aliphatic rings. The predicted octanol–water partition coefficient (Wildman–Crippen LogP) is 1.69. The monoisotopic (exact) mass is 413 g/mol. The number of non-ortho nitro benzene ring substituents is 1. The van der Waals surface area contributed by atoms with Gasteiger partial charge in [-0.3, -0.25) is 14.9 Å². The van der Waals surface area contributed by atoms with Gasteiger partial charge in [-0.05, 0) is 30.3 Å². The zero-order chi connectivity index (χ0) is 20.2. The van der Waals surface area contributed by atoms with E-state index in [2.05, 4.69) is 5.32 Å². The molecule has 0 fully saturated rings. The smallest absolute Gasteiger partial charge is 0.340 e. The molecule has 2 aromatic carbocycles. The molecule has 0 aromatic heterocycles. The van der Waals surface area contributed by atoms with Crippen molar-refractivity contribution in [3.63, 3.8) is 0 Å². The van der Waals surface area contributed by atoms with E-state index in [9.17, 15) is 28.1 Å². The lowest BCUT2D eigenvalue weighted by molar-refractivity contribution is -0.384. The maximum Gasteiger partial charge on any atom is 0.340 e. The van der Waals surface area contributed by atoms with E-state index in [-0.39, 0.29) is 26.9 Å². The van der Waals surface area contributed by atoms with E-state index in [0.717, 1.165) is 18.2 Å². The number of rotatable bonds is 6. The SMILES string of the molecule is NS(=O)(=O)c1ccc(NC(=O)COC(=O)c2ccc([N+](=O)[O-])cc2Cl)cc1. The first-order chi connectivity index (χ1) is 12.6. The number of nitro groups is 1. The number of primary sulfonamides is 1. The topological polar surface area (TPSA) is 159 Å². The number of carbonyl (C=O) groups is 2. The Bertz CT molecular complexity index is 1010. The average Bonchev–Trinajstić information content (AvgIpc) is 2.59. The van der Waals surface area contributed by atoms with E-state index in [1.54, 1.807) is 0 Å². The van der Waals surface area contributed by atoms with Crippen molar-refractivity contribution in [2.45, 2.75) is 4.90 Å². The number of anilines is 1. The zero-order valence-electron chi connectivity index (χ0n) is 13.4. The van der Waals surface area contributed by atoms with Crippen molar-refractivity contribution in [3.05, 3.63) is 63.2 Å². The molecular formula is C15H12ClN3O7S. The van der Waals surface area contributed by atoms with Gasteiger partial charge < -0.3 is 10.1 Å². The van der Waals surface area contributed by atoms with Crippen LogP contribution in [-0.4, -0.2) is 31.8 Å². The third-order valence-corrected chi connectivity index (χ3v) is 4.43. The zero-order valence-corrected chi connectivity index (χ0v) is 15.0. The molecule has 27 heavy (non-hydrogen) atoms. The molecular weight excluding hydrogens is 402 g/mol. The highest BCUT2D eigenvalue weighted by Gasteiger charge is 2.17. The van der Waals surface area contributed by atoms with Gasteiger partial charge in [0.05, 0.1) is 20.4 Å². The number of ether oxygens (including phenoxy) is 1. The molecule has 0 aliphatic heterocycles. The molecule has 1 amide bonds. The van der Waals surface area contributed by atoms with Gasteiger partial charge in [-0.1, -0.05) is 11.6 Å². The fraction of sp³-hybridized carbons (Fsp3) is 0.0667. The summed E-state index contributed by atoms with van der Waals surface area (Å²) in [4.78, 5) is 33.6. The van der Waals surface area contributed by atoms with E-state index in [0.29, 0.717) is 0 Å². The summed E-state index contributed by atoms with van der Waals surface area (Å²) in [5.41, 5.74) is -0.165. The summed E-state index contributed by atoms with van der Waals surface area (Å²) in [6.45, 7) is -0.650. The number of nitro benzene ring substituents is 1. The minimum atomic E-state index is -3.85. The van der Waals surface area contributed by atoms with Crippen LogP contribution in [0.1, 0.15) is 10.4 Å². The first-order valence-electron chi connectivity index (χ1n) is 7.11. The molecule has 142 valence electrons. The molecule has 0 bridgehead atoms. The molecule has 0 saturated heterocycles. The van der Waals surface area contributed by atoms with Crippen molar-refractivity contribution < 1.29 is 27.7 Å². The standard InChI is InChI=1S/C15H12ClN3O7S/c16-13-7-10(19(22)23)3-6-12(13)15(21)26-8-14(20)18-9-1-4-11(5-2-9)27(17,24)25/h1-7H,8H2,(H,18,20)(H2,17,24,25). The Morgan fingerprint density at radius 3 is 2.33 bits per heavy atom. The number of amides is 1. The summed E-state index contributed by atoms with van der Waals surface area (Å²) in [6, 6.07) is 8.22. The number of sulfonamides is 1. The van der Waals surface area contributed by atoms with Crippen LogP contribution in [0.25, 0.3) is 0 Å². The van der Waals surface area contributed by atoms with E-state index < -0.39 is 33.4 Å². The first-order valence-corrected chi connectivity index (χ1v) is 9.04. The summed E-state index contributed by atoms with van der Waals surface area (Å²) < 4.78 is 27.1. The van der Waals surface area contributed by atoms with Crippen LogP contribution >= 0.6 is 11.6 Å². The molecule has 10 nitrogen and oxygen atoms in total. The highest BCUT2D eigenvalue weighted by Crippen LogP contribution is 2.23. The molecule has 3 N–H and O–H groups in total. The Labute approximate surface area is 158 Å². The van der Waals surface area contributed by atoms with Crippen LogP contribution in [0.15, 0.2) is 47.4 Å². The van der Waals surface area contributed by atoms with Gasteiger partial charge in [0.15, 0.2) is 6.61 Å². The van der Waals surface area contributed by atoms with E-state index in [1.807, 2.05) is 0 Å². The number of carbonyl (C=O) groups excluding carboxylic acids is 2. The molecule has 0 radical (unpaired) electrons. The molecule has 0 atom stereocenters. The molecule has 2 rings (SSSR count). The molecule has 0 aliphatic carbocycles. The highest BCUT2D eigenvalue weighted by molar-refractivity contribution is 7.89. The van der Waals surface area contributed by atoms with E-state index >= 15 is 0 Å². The molecule has 0 spiro atoms. The highest BCUT2D eigenvalue weighted by atomic mass is 35.5. The molecule has 12 heteroatoms. The molecule has 0 heterocycles. The fourth-order valence-corrected chi connectivity index (χ4v) is 2.68. The van der Waals surface area contributed by atoms with Crippen LogP contribution in [-0.2, 0) is 19.6 Å². The van der Waals surface area contributed by atoms with Crippen molar-refractivity contribution >= 4 is 44.9 Å². The van der Waals surface area contributed by atoms with Crippen LogP contribution in [0.2, 0.25) is 5.02 Å². The van der Waals surface area contributed by atoms with Gasteiger partial charge in [-0.25, -0.2) is 18.4 Å². The maximum absolute atomic E-state index is 11.9. The van der Waals surface area contributed by atoms with Gasteiger partial charge in [0.25, 0.3) is 11.6 Å². The van der Waals surface area contributed by atoms with Crippen molar-refractivity contribution in [2.24, 2.45) is 5.14 Å². The number of halogens is 1. The number of benzene rings is 2. The van der Waals surface area contributed by atoms with E-state index in [4.69, 9.17) is 21.5 Å². The Kier molecular flexibility index (Phi) is 6.10. The third kappa shape index (κ3) is 5.48. The lowest BCUT2D eigenvalue weighted by atomic mass is 10.2. The van der Waals surface area contributed by atoms with Crippen molar-refractivity contribution in [3.8, 4) is 0 Å². The quantitative estimate of drug-likeness (QED) is 0.414. The Morgan fingerprint density at radius 2 is 1.81 bits per heavy atom. The summed E-state index contributed by atoms with van der Waals surface area (Å²) in [5.74, 6) is -1.63. The Morgan fingerprint density at radius 1 is 1.19 bits per heavy atom. The maximum atomic E-state index is 11.9. The second-order valence-corrected chi connectivity index (χ2v) is 7.08. The van der Waals surface area contributed by atoms with Crippen molar-refractivity contribution in [1.29, 1.82) is 0 Å². The normalized spacial score (nSPS) is 10.9. The largest absolute Gasteiger partial charge is 0.452 e. The van der Waals surface area contributed by atoms with Crippen LogP contribution in [0.5, 0.6) is 0 Å². The van der Waals surface area contributed by atoms with Gasteiger partial charge in [0.1, 0.15) is 0 Å². The van der Waals surface area contributed by atoms with Crippen LogP contribution in [0.3, 0.4) is 0 Å². The number of nitrogens with one attached hydrogen (secondary N) is 1. The predicted molar refractivity (Wildman–Crippen MR) is 94.8 cm³/mol. The number of nitrogens with zero attached hydrogens (tertiary/aromatic N) is 1. The van der Waals surface area contributed by atoms with Crippen molar-refractivity contribution in [1.82, 2.24) is 0 Å². The van der Waals surface area contributed by atoms with Crippen LogP contribution < -0.4 is 10.5 Å². The number of hydrogen-bond acceptors (Lipinski definition) is 7. The van der Waals surface area contributed by atoms with Gasteiger partial charge in [0.2, 0.25) is 10.0 Å². The molecule has 0 saturated carbocycles. The van der Waals surface area contributed by atoms with Gasteiger partial charge in [0, 0.05) is 17.8 Å². The van der Waals surface area contributed by atoms with Crippen LogP contribution in [0.4, 0.5) is 11.4 Å². The fourth-order valence-electron chi connectivity index (χ4n) is 1.92. The van der Waals surface area contributed by atoms with E-state index in [1.165, 1.54) is 24.3 Å². The van der Waals surface area contributed by atoms with Gasteiger partial charge in [-0.2, -0.15) is 0 Å². The number of nitrogens with two attached hydrogens (primary N) is 1. The summed E-state index contributed by atoms with van der Waals surface area (Å²) in [6.07, 6.45) is 0. The van der Waals surface area contributed by atoms with Gasteiger partial charge >= 0.3 is 5.97 Å². The summed E-state index contributed by atoms with van der Waals surface area (Å²) in [7, 11) is -3.85. The lowest BCUT2D eigenvalue weighted by Gasteiger charge is -2.08. The summed E-state index contributed by atoms with van der Waals surface area (Å²) >= 11 is 5.80. The second-order valence-electron chi connectivity index (χ2n) is 5.11. The molecule has 0 unspecified atom stereocenters. The van der Waals surface area contributed by atoms with Gasteiger partial charge in [-0.15, -0.1) is 0 Å². The second kappa shape index (κ2) is 8.12. The van der Waals surface area contributed by atoms with Crippen LogP contribution in [0, 0.1) is 10.1 Å². The first kappa shape index (κ1) is 20.3. The Hall–Kier alpha value is -3.02. The average molecular weight is 414 g/mol. The third-order valence-electron chi connectivity index (χ3n) is 3.18. The lowest BCUT2D eigenvalue weighted by Crippen LogP contribution is -2.21. The Balaban J connectivity index is 1.95. The summed E-state index contributed by atoms with van der Waals surface area (Å²) in [5, 5.41) is 17.8. The number of esters is 1. The molecule has 2 aromatic rings. The minimum absolute atomic E-state index is 0.125. The number of hydrogen-bond donors (Lipinski definition) is 2. The van der Waals surface area contributed by atoms with Crippen molar-refractivity contribution in [2.75, 3.05) is 11.9 Å². The minimum Gasteiger partial charge on any atom is -0.452 e.